The summed E-state index contributed by atoms with van der Waals surface area (Å²) in [5.41, 5.74) is 4.00. The predicted octanol–water partition coefficient (Wildman–Crippen LogP) is 1.36. The van der Waals surface area contributed by atoms with Crippen molar-refractivity contribution >= 4 is 11.9 Å². The molecule has 1 aliphatic rings. The Morgan fingerprint density at radius 3 is 2.77 bits per heavy atom. The fourth-order valence-corrected chi connectivity index (χ4v) is 3.37. The van der Waals surface area contributed by atoms with E-state index in [0.29, 0.717) is 31.3 Å². The molecule has 0 unspecified atom stereocenters. The summed E-state index contributed by atoms with van der Waals surface area (Å²) in [5, 5.41) is 7.84. The van der Waals surface area contributed by atoms with Crippen LogP contribution in [0.2, 0.25) is 0 Å². The first-order valence-corrected chi connectivity index (χ1v) is 8.58. The highest BCUT2D eigenvalue weighted by Crippen LogP contribution is 2.23. The Morgan fingerprint density at radius 2 is 2.04 bits per heavy atom. The lowest BCUT2D eigenvalue weighted by atomic mass is 10.0. The molecule has 0 saturated heterocycles. The van der Waals surface area contributed by atoms with E-state index in [2.05, 4.69) is 20.4 Å². The van der Waals surface area contributed by atoms with Crippen LogP contribution in [0, 0.1) is 0 Å². The molecule has 26 heavy (non-hydrogen) atoms. The minimum atomic E-state index is 0.0571. The van der Waals surface area contributed by atoms with Crippen LogP contribution in [0.1, 0.15) is 27.4 Å². The molecule has 1 aliphatic heterocycles. The Hall–Kier alpha value is -3.16. The van der Waals surface area contributed by atoms with Gasteiger partial charge in [0.25, 0.3) is 5.91 Å². The summed E-state index contributed by atoms with van der Waals surface area (Å²) in [6, 6.07) is 5.53. The third kappa shape index (κ3) is 2.94. The first-order chi connectivity index (χ1) is 12.6. The van der Waals surface area contributed by atoms with Crippen LogP contribution in [0.15, 0.2) is 36.8 Å². The van der Waals surface area contributed by atoms with Gasteiger partial charge in [0.2, 0.25) is 5.95 Å². The van der Waals surface area contributed by atoms with Gasteiger partial charge in [-0.2, -0.15) is 5.10 Å². The van der Waals surface area contributed by atoms with Gasteiger partial charge in [0.15, 0.2) is 0 Å². The fourth-order valence-electron chi connectivity index (χ4n) is 3.37. The van der Waals surface area contributed by atoms with E-state index in [1.807, 2.05) is 46.6 Å². The molecule has 8 heteroatoms. The number of aromatic nitrogens is 5. The molecule has 3 aromatic rings. The van der Waals surface area contributed by atoms with Crippen molar-refractivity contribution in [1.82, 2.24) is 29.2 Å². The van der Waals surface area contributed by atoms with Crippen LogP contribution in [-0.4, -0.2) is 41.7 Å². The number of rotatable bonds is 4. The van der Waals surface area contributed by atoms with Crippen LogP contribution in [-0.2, 0) is 33.6 Å². The SMILES string of the molecule is Cn1cccc1C(=O)N1CCc2c(CNc3ncccn3)nn(C)c2C1. The number of anilines is 1. The average Bonchev–Trinajstić information content (AvgIpc) is 3.23. The van der Waals surface area contributed by atoms with Crippen LogP contribution in [0.25, 0.3) is 0 Å². The van der Waals surface area contributed by atoms with Crippen molar-refractivity contribution in [3.8, 4) is 0 Å². The molecule has 0 saturated carbocycles. The molecule has 0 spiro atoms. The number of carbonyl (C=O) groups excluding carboxylic acids is 1. The van der Waals surface area contributed by atoms with Gasteiger partial charge in [-0.25, -0.2) is 9.97 Å². The van der Waals surface area contributed by atoms with Crippen molar-refractivity contribution in [2.45, 2.75) is 19.5 Å². The van der Waals surface area contributed by atoms with Crippen molar-refractivity contribution < 1.29 is 4.79 Å². The molecule has 0 aliphatic carbocycles. The number of carbonyl (C=O) groups is 1. The maximum atomic E-state index is 12.8. The molecular formula is C18H21N7O. The summed E-state index contributed by atoms with van der Waals surface area (Å²) in [5.74, 6) is 0.643. The second-order valence-electron chi connectivity index (χ2n) is 6.40. The Labute approximate surface area is 151 Å². The third-order valence-electron chi connectivity index (χ3n) is 4.76. The number of hydrogen-bond donors (Lipinski definition) is 1. The standard InChI is InChI=1S/C18H21N7O/c1-23-9-3-5-15(23)17(26)25-10-6-13-14(22-24(2)16(13)12-25)11-21-18-19-7-4-8-20-18/h3-5,7-9H,6,10-12H2,1-2H3,(H,19,20,21). The van der Waals surface area contributed by atoms with Gasteiger partial charge < -0.3 is 14.8 Å². The lowest BCUT2D eigenvalue weighted by Gasteiger charge is -2.28. The van der Waals surface area contributed by atoms with Crippen molar-refractivity contribution in [2.75, 3.05) is 11.9 Å². The zero-order chi connectivity index (χ0) is 18.1. The highest BCUT2D eigenvalue weighted by Gasteiger charge is 2.27. The summed E-state index contributed by atoms with van der Waals surface area (Å²) in [6.07, 6.45) is 6.10. The smallest absolute Gasteiger partial charge is 0.270 e. The summed E-state index contributed by atoms with van der Waals surface area (Å²) in [6.45, 7) is 1.83. The highest BCUT2D eigenvalue weighted by molar-refractivity contribution is 5.92. The van der Waals surface area contributed by atoms with E-state index in [1.165, 1.54) is 5.56 Å². The van der Waals surface area contributed by atoms with Gasteiger partial charge in [-0.15, -0.1) is 0 Å². The number of hydrogen-bond acceptors (Lipinski definition) is 5. The molecule has 4 heterocycles. The molecule has 4 rings (SSSR count). The Balaban J connectivity index is 1.51. The number of fused-ring (bicyclic) bond motifs is 1. The van der Waals surface area contributed by atoms with Crippen molar-refractivity contribution in [1.29, 1.82) is 0 Å². The highest BCUT2D eigenvalue weighted by atomic mass is 16.2. The van der Waals surface area contributed by atoms with Crippen LogP contribution < -0.4 is 5.32 Å². The molecule has 134 valence electrons. The quantitative estimate of drug-likeness (QED) is 0.768. The number of nitrogens with zero attached hydrogens (tertiary/aromatic N) is 6. The zero-order valence-corrected chi connectivity index (χ0v) is 14.9. The van der Waals surface area contributed by atoms with Gasteiger partial charge in [0.05, 0.1) is 24.5 Å². The molecule has 0 aromatic carbocycles. The van der Waals surface area contributed by atoms with E-state index in [4.69, 9.17) is 0 Å². The monoisotopic (exact) mass is 351 g/mol. The van der Waals surface area contributed by atoms with E-state index in [-0.39, 0.29) is 5.91 Å². The van der Waals surface area contributed by atoms with E-state index < -0.39 is 0 Å². The van der Waals surface area contributed by atoms with Crippen LogP contribution in [0.5, 0.6) is 0 Å². The Kier molecular flexibility index (Phi) is 4.16. The lowest BCUT2D eigenvalue weighted by molar-refractivity contribution is 0.0720. The van der Waals surface area contributed by atoms with Gasteiger partial charge in [0.1, 0.15) is 5.69 Å². The molecule has 0 radical (unpaired) electrons. The largest absolute Gasteiger partial charge is 0.348 e. The van der Waals surface area contributed by atoms with Crippen molar-refractivity contribution in [3.05, 3.63) is 59.4 Å². The lowest BCUT2D eigenvalue weighted by Crippen LogP contribution is -2.37. The second-order valence-corrected chi connectivity index (χ2v) is 6.40. The van der Waals surface area contributed by atoms with Gasteiger partial charge in [-0.05, 0) is 24.6 Å². The van der Waals surface area contributed by atoms with E-state index >= 15 is 0 Å². The molecule has 8 nitrogen and oxygen atoms in total. The minimum absolute atomic E-state index is 0.0571. The van der Waals surface area contributed by atoms with Crippen molar-refractivity contribution in [2.24, 2.45) is 14.1 Å². The molecule has 0 fully saturated rings. The number of nitrogens with one attached hydrogen (secondary N) is 1. The van der Waals surface area contributed by atoms with E-state index in [0.717, 1.165) is 17.8 Å². The summed E-state index contributed by atoms with van der Waals surface area (Å²) >= 11 is 0. The molecule has 0 atom stereocenters. The molecule has 3 aromatic heterocycles. The summed E-state index contributed by atoms with van der Waals surface area (Å²) in [7, 11) is 3.82. The predicted molar refractivity (Wildman–Crippen MR) is 96.4 cm³/mol. The Bertz CT molecular complexity index is 928. The minimum Gasteiger partial charge on any atom is -0.348 e. The van der Waals surface area contributed by atoms with Gasteiger partial charge in [-0.3, -0.25) is 9.48 Å². The van der Waals surface area contributed by atoms with Crippen LogP contribution in [0.4, 0.5) is 5.95 Å². The van der Waals surface area contributed by atoms with Gasteiger partial charge >= 0.3 is 0 Å². The zero-order valence-electron chi connectivity index (χ0n) is 14.9. The average molecular weight is 351 g/mol. The number of aryl methyl sites for hydroxylation is 2. The molecule has 1 amide bonds. The maximum Gasteiger partial charge on any atom is 0.270 e. The van der Waals surface area contributed by atoms with Gasteiger partial charge in [-0.1, -0.05) is 0 Å². The Morgan fingerprint density at radius 1 is 1.23 bits per heavy atom. The molecule has 0 bridgehead atoms. The van der Waals surface area contributed by atoms with Crippen LogP contribution >= 0.6 is 0 Å². The first-order valence-electron chi connectivity index (χ1n) is 8.58. The number of amides is 1. The normalized spacial score (nSPS) is 13.5. The molecule has 1 N–H and O–H groups in total. The third-order valence-corrected chi connectivity index (χ3v) is 4.76. The molecular weight excluding hydrogens is 330 g/mol. The van der Waals surface area contributed by atoms with Gasteiger partial charge in [0, 0.05) is 44.8 Å². The van der Waals surface area contributed by atoms with Crippen molar-refractivity contribution in [3.63, 3.8) is 0 Å². The topological polar surface area (TPSA) is 80.9 Å². The summed E-state index contributed by atoms with van der Waals surface area (Å²) in [4.78, 5) is 23.0. The van der Waals surface area contributed by atoms with Crippen LogP contribution in [0.3, 0.4) is 0 Å². The maximum absolute atomic E-state index is 12.8. The van der Waals surface area contributed by atoms with E-state index in [9.17, 15) is 4.79 Å². The fraction of sp³-hybridized carbons (Fsp3) is 0.333. The summed E-state index contributed by atoms with van der Waals surface area (Å²) < 4.78 is 3.74. The first kappa shape index (κ1) is 16.3. The van der Waals surface area contributed by atoms with E-state index in [1.54, 1.807) is 18.5 Å². The second kappa shape index (κ2) is 6.62.